The Morgan fingerprint density at radius 3 is 2.00 bits per heavy atom. The van der Waals surface area contributed by atoms with Crippen molar-refractivity contribution in [2.75, 3.05) is 0 Å². The fourth-order valence-electron chi connectivity index (χ4n) is 1.55. The third-order valence-corrected chi connectivity index (χ3v) is 2.59. The molecule has 68 valence electrons. The molecule has 0 aliphatic carbocycles. The van der Waals surface area contributed by atoms with Crippen LogP contribution in [0.1, 0.15) is 47.5 Å². The molecule has 0 aromatic heterocycles. The van der Waals surface area contributed by atoms with E-state index in [2.05, 4.69) is 34.6 Å². The molecule has 0 aliphatic rings. The number of nitrogens with two attached hydrogens (primary N) is 1. The predicted molar refractivity (Wildman–Crippen MR) is 51.5 cm³/mol. The van der Waals surface area contributed by atoms with Crippen molar-refractivity contribution in [3.8, 4) is 0 Å². The normalized spacial score (nSPS) is 19.9. The van der Waals surface area contributed by atoms with Crippen LogP contribution in [0.15, 0.2) is 0 Å². The molecule has 1 heteroatoms. The van der Waals surface area contributed by atoms with Crippen LogP contribution in [0.3, 0.4) is 0 Å². The van der Waals surface area contributed by atoms with Crippen LogP contribution in [0.25, 0.3) is 0 Å². The highest BCUT2D eigenvalue weighted by atomic mass is 14.7. The molecular weight excluding hydrogens is 134 g/mol. The van der Waals surface area contributed by atoms with Gasteiger partial charge in [0.2, 0.25) is 0 Å². The zero-order valence-corrected chi connectivity index (χ0v) is 8.65. The maximum atomic E-state index is 6.17. The Kier molecular flexibility index (Phi) is 4.09. The summed E-state index contributed by atoms with van der Waals surface area (Å²) in [5.74, 6) is 1.34. The van der Waals surface area contributed by atoms with E-state index >= 15 is 0 Å². The van der Waals surface area contributed by atoms with Crippen molar-refractivity contribution in [3.05, 3.63) is 0 Å². The van der Waals surface area contributed by atoms with Gasteiger partial charge in [-0.15, -0.1) is 0 Å². The van der Waals surface area contributed by atoms with Gasteiger partial charge in [-0.05, 0) is 25.2 Å². The van der Waals surface area contributed by atoms with Crippen LogP contribution in [0, 0.1) is 11.8 Å². The Bertz CT molecular complexity index is 105. The van der Waals surface area contributed by atoms with Crippen LogP contribution in [0.4, 0.5) is 0 Å². The zero-order valence-electron chi connectivity index (χ0n) is 8.65. The molecule has 2 unspecified atom stereocenters. The minimum absolute atomic E-state index is 0.0307. The van der Waals surface area contributed by atoms with Gasteiger partial charge in [0.15, 0.2) is 0 Å². The molecule has 1 nitrogen and oxygen atoms in total. The van der Waals surface area contributed by atoms with E-state index in [1.165, 1.54) is 6.42 Å². The van der Waals surface area contributed by atoms with Gasteiger partial charge in [0, 0.05) is 5.54 Å². The summed E-state index contributed by atoms with van der Waals surface area (Å²) in [4.78, 5) is 0. The summed E-state index contributed by atoms with van der Waals surface area (Å²) >= 11 is 0. The van der Waals surface area contributed by atoms with Gasteiger partial charge in [0.05, 0.1) is 0 Å². The minimum atomic E-state index is 0.0307. The number of hydrogen-bond donors (Lipinski definition) is 1. The van der Waals surface area contributed by atoms with E-state index in [1.807, 2.05) is 0 Å². The van der Waals surface area contributed by atoms with Crippen LogP contribution in [0.2, 0.25) is 0 Å². The van der Waals surface area contributed by atoms with Crippen molar-refractivity contribution in [3.63, 3.8) is 0 Å². The second-order valence-corrected chi connectivity index (χ2v) is 4.41. The summed E-state index contributed by atoms with van der Waals surface area (Å²) in [5.41, 5.74) is 6.20. The van der Waals surface area contributed by atoms with Crippen LogP contribution < -0.4 is 5.73 Å². The molecular formula is C10H23N. The quantitative estimate of drug-likeness (QED) is 0.667. The largest absolute Gasteiger partial charge is 0.325 e. The fourth-order valence-corrected chi connectivity index (χ4v) is 1.55. The molecule has 0 aromatic rings. The standard InChI is InChI=1S/C10H23N/c1-6-9(4)10(5,11)7-8(2)3/h8-9H,6-7,11H2,1-5H3. The van der Waals surface area contributed by atoms with Gasteiger partial charge in [-0.2, -0.15) is 0 Å². The lowest BCUT2D eigenvalue weighted by atomic mass is 9.80. The molecule has 0 bridgehead atoms. The van der Waals surface area contributed by atoms with E-state index in [9.17, 15) is 0 Å². The molecule has 0 saturated carbocycles. The van der Waals surface area contributed by atoms with Crippen LogP contribution >= 0.6 is 0 Å². The highest BCUT2D eigenvalue weighted by molar-refractivity contribution is 4.84. The summed E-state index contributed by atoms with van der Waals surface area (Å²) in [7, 11) is 0. The highest BCUT2D eigenvalue weighted by Crippen LogP contribution is 2.24. The lowest BCUT2D eigenvalue weighted by Gasteiger charge is -2.32. The first-order valence-corrected chi connectivity index (χ1v) is 4.69. The van der Waals surface area contributed by atoms with Gasteiger partial charge in [-0.1, -0.05) is 34.1 Å². The summed E-state index contributed by atoms with van der Waals surface area (Å²) in [6.07, 6.45) is 2.31. The summed E-state index contributed by atoms with van der Waals surface area (Å²) in [5, 5.41) is 0. The summed E-state index contributed by atoms with van der Waals surface area (Å²) in [6.45, 7) is 11.1. The topological polar surface area (TPSA) is 26.0 Å². The second-order valence-electron chi connectivity index (χ2n) is 4.41. The van der Waals surface area contributed by atoms with Gasteiger partial charge in [-0.25, -0.2) is 0 Å². The van der Waals surface area contributed by atoms with E-state index < -0.39 is 0 Å². The lowest BCUT2D eigenvalue weighted by Crippen LogP contribution is -2.43. The predicted octanol–water partition coefficient (Wildman–Crippen LogP) is 2.80. The number of hydrogen-bond acceptors (Lipinski definition) is 1. The average molecular weight is 157 g/mol. The Morgan fingerprint density at radius 2 is 1.73 bits per heavy atom. The molecule has 11 heavy (non-hydrogen) atoms. The molecule has 0 spiro atoms. The fraction of sp³-hybridized carbons (Fsp3) is 1.00. The molecule has 0 rings (SSSR count). The highest BCUT2D eigenvalue weighted by Gasteiger charge is 2.25. The van der Waals surface area contributed by atoms with Crippen molar-refractivity contribution >= 4 is 0 Å². The molecule has 2 atom stereocenters. The van der Waals surface area contributed by atoms with Crippen molar-refractivity contribution < 1.29 is 0 Å². The van der Waals surface area contributed by atoms with E-state index in [-0.39, 0.29) is 5.54 Å². The Morgan fingerprint density at radius 1 is 1.27 bits per heavy atom. The monoisotopic (exact) mass is 157 g/mol. The molecule has 0 radical (unpaired) electrons. The Labute approximate surface area is 71.4 Å². The SMILES string of the molecule is CCC(C)C(C)(N)CC(C)C. The Balaban J connectivity index is 3.98. The molecule has 0 aliphatic heterocycles. The van der Waals surface area contributed by atoms with E-state index in [1.54, 1.807) is 0 Å². The van der Waals surface area contributed by atoms with Crippen LogP contribution in [-0.4, -0.2) is 5.54 Å². The average Bonchev–Trinajstić information content (AvgIpc) is 1.83. The summed E-state index contributed by atoms with van der Waals surface area (Å²) in [6, 6.07) is 0. The summed E-state index contributed by atoms with van der Waals surface area (Å²) < 4.78 is 0. The first kappa shape index (κ1) is 11.0. The van der Waals surface area contributed by atoms with Crippen molar-refractivity contribution in [2.24, 2.45) is 17.6 Å². The number of rotatable bonds is 4. The van der Waals surface area contributed by atoms with Crippen molar-refractivity contribution in [1.82, 2.24) is 0 Å². The van der Waals surface area contributed by atoms with Gasteiger partial charge in [0.1, 0.15) is 0 Å². The van der Waals surface area contributed by atoms with E-state index in [4.69, 9.17) is 5.73 Å². The van der Waals surface area contributed by atoms with Crippen LogP contribution in [-0.2, 0) is 0 Å². The molecule has 0 heterocycles. The molecule has 0 saturated heterocycles. The zero-order chi connectivity index (χ0) is 9.07. The lowest BCUT2D eigenvalue weighted by molar-refractivity contribution is 0.258. The third-order valence-electron chi connectivity index (χ3n) is 2.59. The van der Waals surface area contributed by atoms with Gasteiger partial charge < -0.3 is 5.73 Å². The molecule has 0 amide bonds. The maximum Gasteiger partial charge on any atom is 0.0154 e. The second kappa shape index (κ2) is 4.10. The molecule has 2 N–H and O–H groups in total. The Hall–Kier alpha value is -0.0400. The smallest absolute Gasteiger partial charge is 0.0154 e. The van der Waals surface area contributed by atoms with Crippen molar-refractivity contribution in [1.29, 1.82) is 0 Å². The van der Waals surface area contributed by atoms with Crippen LogP contribution in [0.5, 0.6) is 0 Å². The third kappa shape index (κ3) is 3.76. The molecule has 0 fully saturated rings. The van der Waals surface area contributed by atoms with Gasteiger partial charge >= 0.3 is 0 Å². The molecule has 0 aromatic carbocycles. The van der Waals surface area contributed by atoms with E-state index in [0.717, 1.165) is 6.42 Å². The maximum absolute atomic E-state index is 6.17. The minimum Gasteiger partial charge on any atom is -0.325 e. The first-order chi connectivity index (χ1) is 4.90. The first-order valence-electron chi connectivity index (χ1n) is 4.69. The van der Waals surface area contributed by atoms with E-state index in [0.29, 0.717) is 11.8 Å². The van der Waals surface area contributed by atoms with Gasteiger partial charge in [0.25, 0.3) is 0 Å². The van der Waals surface area contributed by atoms with Crippen molar-refractivity contribution in [2.45, 2.75) is 53.0 Å². The van der Waals surface area contributed by atoms with Gasteiger partial charge in [-0.3, -0.25) is 0 Å².